The first-order chi connectivity index (χ1) is 15.9. The van der Waals surface area contributed by atoms with Crippen LogP contribution in [0.25, 0.3) is 0 Å². The second kappa shape index (κ2) is 10.2. The van der Waals surface area contributed by atoms with Gasteiger partial charge in [-0.25, -0.2) is 13.4 Å². The van der Waals surface area contributed by atoms with E-state index in [1.54, 1.807) is 30.5 Å². The molecule has 0 saturated heterocycles. The number of carbonyl (C=O) groups excluding carboxylic acids is 1. The summed E-state index contributed by atoms with van der Waals surface area (Å²) in [7, 11) is -1.97. The number of nitrogens with one attached hydrogen (secondary N) is 2. The lowest BCUT2D eigenvalue weighted by Gasteiger charge is -2.12. The van der Waals surface area contributed by atoms with Gasteiger partial charge < -0.3 is 19.4 Å². The van der Waals surface area contributed by atoms with Crippen molar-refractivity contribution in [3.05, 3.63) is 60.4 Å². The molecule has 0 fully saturated rings. The van der Waals surface area contributed by atoms with Gasteiger partial charge in [0.15, 0.2) is 16.7 Å². The Balaban J connectivity index is 1.38. The van der Waals surface area contributed by atoms with Crippen molar-refractivity contribution in [3.63, 3.8) is 0 Å². The number of hydrogen-bond acceptors (Lipinski definition) is 7. The molecule has 2 aromatic carbocycles. The molecule has 0 saturated carbocycles. The first kappa shape index (κ1) is 23.0. The van der Waals surface area contributed by atoms with Gasteiger partial charge in [0.2, 0.25) is 0 Å². The number of benzene rings is 2. The minimum Gasteiger partial charge on any atom is -0.490 e. The van der Waals surface area contributed by atoms with Gasteiger partial charge in [0.05, 0.1) is 18.1 Å². The molecule has 11 heteroatoms. The topological polar surface area (TPSA) is 112 Å². The van der Waals surface area contributed by atoms with Crippen molar-refractivity contribution in [1.82, 2.24) is 14.9 Å². The number of ether oxygens (including phenoxy) is 2. The Morgan fingerprint density at radius 1 is 1.15 bits per heavy atom. The maximum atomic E-state index is 12.9. The van der Waals surface area contributed by atoms with Gasteiger partial charge in [-0.05, 0) is 30.3 Å². The summed E-state index contributed by atoms with van der Waals surface area (Å²) in [6, 6.07) is 10.8. The van der Waals surface area contributed by atoms with Gasteiger partial charge in [-0.3, -0.25) is 9.52 Å². The van der Waals surface area contributed by atoms with Gasteiger partial charge in [-0.15, -0.1) is 0 Å². The van der Waals surface area contributed by atoms with Crippen molar-refractivity contribution in [1.29, 1.82) is 0 Å². The Morgan fingerprint density at radius 2 is 1.97 bits per heavy atom. The van der Waals surface area contributed by atoms with Crippen molar-refractivity contribution in [2.24, 2.45) is 7.05 Å². The predicted molar refractivity (Wildman–Crippen MR) is 126 cm³/mol. The largest absolute Gasteiger partial charge is 0.490 e. The third-order valence-electron chi connectivity index (χ3n) is 4.80. The Labute approximate surface area is 196 Å². The molecule has 0 atom stereocenters. The van der Waals surface area contributed by atoms with Crippen LogP contribution in [0.1, 0.15) is 16.8 Å². The first-order valence-electron chi connectivity index (χ1n) is 10.3. The van der Waals surface area contributed by atoms with E-state index >= 15 is 0 Å². The molecule has 3 aromatic rings. The number of aryl methyl sites for hydroxylation is 1. The summed E-state index contributed by atoms with van der Waals surface area (Å²) in [6.45, 7) is 1.43. The van der Waals surface area contributed by atoms with E-state index in [1.165, 1.54) is 30.0 Å². The van der Waals surface area contributed by atoms with Crippen LogP contribution < -0.4 is 19.5 Å². The molecular weight excluding hydrogens is 464 g/mol. The van der Waals surface area contributed by atoms with Crippen LogP contribution in [0.15, 0.2) is 64.9 Å². The number of aromatic nitrogens is 2. The molecule has 1 aromatic heterocycles. The Bertz CT molecular complexity index is 1240. The second-order valence-corrected chi connectivity index (χ2v) is 10.0. The molecule has 1 aliphatic heterocycles. The molecule has 0 spiro atoms. The van der Waals surface area contributed by atoms with Crippen LogP contribution in [0, 0.1) is 0 Å². The van der Waals surface area contributed by atoms with Crippen LogP contribution in [0.5, 0.6) is 11.5 Å². The van der Waals surface area contributed by atoms with Crippen molar-refractivity contribution < 1.29 is 22.7 Å². The predicted octanol–water partition coefficient (Wildman–Crippen LogP) is 2.90. The average molecular weight is 489 g/mol. The molecule has 33 heavy (non-hydrogen) atoms. The zero-order chi connectivity index (χ0) is 23.3. The van der Waals surface area contributed by atoms with Crippen molar-refractivity contribution in [2.45, 2.75) is 16.5 Å². The number of carbonyl (C=O) groups is 1. The standard InChI is InChI=1S/C22H24N4O5S2/c1-26-10-8-24-22(26)32-13-9-23-21(27)16-4-2-5-17(14-16)25-33(28,29)18-6-7-19-20(15-18)31-12-3-11-30-19/h2,4-8,10,14-15,25H,3,9,11-13H2,1H3,(H,23,27). The van der Waals surface area contributed by atoms with Crippen molar-refractivity contribution in [3.8, 4) is 11.5 Å². The van der Waals surface area contributed by atoms with E-state index in [9.17, 15) is 13.2 Å². The number of imidazole rings is 1. The van der Waals surface area contributed by atoms with Crippen LogP contribution in [-0.4, -0.2) is 49.4 Å². The lowest BCUT2D eigenvalue weighted by Crippen LogP contribution is -2.26. The number of sulfonamides is 1. The van der Waals surface area contributed by atoms with E-state index in [2.05, 4.69) is 15.0 Å². The molecule has 4 rings (SSSR count). The summed E-state index contributed by atoms with van der Waals surface area (Å²) in [5.41, 5.74) is 0.646. The van der Waals surface area contributed by atoms with E-state index in [0.717, 1.165) is 11.6 Å². The van der Waals surface area contributed by atoms with Gasteiger partial charge in [-0.2, -0.15) is 0 Å². The normalized spacial score (nSPS) is 13.2. The van der Waals surface area contributed by atoms with Gasteiger partial charge in [0.1, 0.15) is 0 Å². The minimum absolute atomic E-state index is 0.0490. The third-order valence-corrected chi connectivity index (χ3v) is 7.24. The molecule has 0 unspecified atom stereocenters. The highest BCUT2D eigenvalue weighted by molar-refractivity contribution is 7.99. The number of amides is 1. The van der Waals surface area contributed by atoms with Gasteiger partial charge >= 0.3 is 0 Å². The average Bonchev–Trinajstić information content (AvgIpc) is 3.06. The molecule has 1 aliphatic rings. The van der Waals surface area contributed by atoms with Crippen LogP contribution in [-0.2, 0) is 17.1 Å². The summed E-state index contributed by atoms with van der Waals surface area (Å²) in [5, 5.41) is 3.71. The Morgan fingerprint density at radius 3 is 2.76 bits per heavy atom. The smallest absolute Gasteiger partial charge is 0.262 e. The summed E-state index contributed by atoms with van der Waals surface area (Å²) < 4.78 is 41.3. The monoisotopic (exact) mass is 488 g/mol. The number of nitrogens with zero attached hydrogens (tertiary/aromatic N) is 2. The molecule has 1 amide bonds. The SMILES string of the molecule is Cn1ccnc1SCCNC(=O)c1cccc(NS(=O)(=O)c2ccc3c(c2)OCCCO3)c1. The van der Waals surface area contributed by atoms with Gasteiger partial charge in [-0.1, -0.05) is 17.8 Å². The van der Waals surface area contributed by atoms with E-state index in [4.69, 9.17) is 9.47 Å². The molecule has 0 bridgehead atoms. The lowest BCUT2D eigenvalue weighted by atomic mass is 10.2. The fourth-order valence-corrected chi connectivity index (χ4v) is 5.00. The molecule has 174 valence electrons. The highest BCUT2D eigenvalue weighted by Gasteiger charge is 2.19. The highest BCUT2D eigenvalue weighted by Crippen LogP contribution is 2.32. The van der Waals surface area contributed by atoms with Crippen LogP contribution in [0.2, 0.25) is 0 Å². The molecule has 9 nitrogen and oxygen atoms in total. The number of hydrogen-bond donors (Lipinski definition) is 2. The van der Waals surface area contributed by atoms with Crippen LogP contribution in [0.4, 0.5) is 5.69 Å². The van der Waals surface area contributed by atoms with Crippen molar-refractivity contribution in [2.75, 3.05) is 30.2 Å². The minimum atomic E-state index is -3.88. The maximum Gasteiger partial charge on any atom is 0.262 e. The van der Waals surface area contributed by atoms with Gasteiger partial charge in [0, 0.05) is 55.5 Å². The van der Waals surface area contributed by atoms with E-state index < -0.39 is 10.0 Å². The summed E-state index contributed by atoms with van der Waals surface area (Å²) in [4.78, 5) is 16.8. The zero-order valence-corrected chi connectivity index (χ0v) is 19.6. The number of fused-ring (bicyclic) bond motifs is 1. The molecule has 2 N–H and O–H groups in total. The van der Waals surface area contributed by atoms with Gasteiger partial charge in [0.25, 0.3) is 15.9 Å². The summed E-state index contributed by atoms with van der Waals surface area (Å²) in [5.74, 6) is 1.29. The zero-order valence-electron chi connectivity index (χ0n) is 18.0. The molecule has 0 radical (unpaired) electrons. The lowest BCUT2D eigenvalue weighted by molar-refractivity contribution is 0.0956. The molecular formula is C22H24N4O5S2. The quantitative estimate of drug-likeness (QED) is 0.370. The fraction of sp³-hybridized carbons (Fsp3) is 0.273. The molecule has 0 aliphatic carbocycles. The number of rotatable bonds is 8. The second-order valence-electron chi connectivity index (χ2n) is 7.27. The fourth-order valence-electron chi connectivity index (χ4n) is 3.15. The van der Waals surface area contributed by atoms with E-state index in [1.807, 2.05) is 17.8 Å². The Hall–Kier alpha value is -3.18. The first-order valence-corrected chi connectivity index (χ1v) is 12.8. The van der Waals surface area contributed by atoms with Crippen LogP contribution >= 0.6 is 11.8 Å². The van der Waals surface area contributed by atoms with Crippen molar-refractivity contribution >= 4 is 33.4 Å². The van der Waals surface area contributed by atoms with E-state index in [-0.39, 0.29) is 16.5 Å². The summed E-state index contributed by atoms with van der Waals surface area (Å²) >= 11 is 1.54. The highest BCUT2D eigenvalue weighted by atomic mass is 32.2. The third kappa shape index (κ3) is 5.79. The van der Waals surface area contributed by atoms with Crippen LogP contribution in [0.3, 0.4) is 0 Å². The Kier molecular flexibility index (Phi) is 7.09. The number of anilines is 1. The van der Waals surface area contributed by atoms with E-state index in [0.29, 0.717) is 42.6 Å². The number of thioether (sulfide) groups is 1. The molecule has 2 heterocycles. The maximum absolute atomic E-state index is 12.9. The summed E-state index contributed by atoms with van der Waals surface area (Å²) in [6.07, 6.45) is 4.31.